The number of carbonyl (C=O) groups is 2. The van der Waals surface area contributed by atoms with Crippen molar-refractivity contribution in [3.63, 3.8) is 0 Å². The van der Waals surface area contributed by atoms with Gasteiger partial charge in [0.15, 0.2) is 6.61 Å². The Balaban J connectivity index is 1.47. The summed E-state index contributed by atoms with van der Waals surface area (Å²) >= 11 is 0. The largest absolute Gasteiger partial charge is 0.482 e. The molecule has 2 amide bonds. The van der Waals surface area contributed by atoms with Crippen LogP contribution in [0.2, 0.25) is 0 Å². The number of para-hydroxylation sites is 2. The van der Waals surface area contributed by atoms with Crippen LogP contribution in [0.15, 0.2) is 24.3 Å². The number of benzene rings is 1. The van der Waals surface area contributed by atoms with Crippen LogP contribution in [0.3, 0.4) is 0 Å². The zero-order valence-electron chi connectivity index (χ0n) is 13.2. The Labute approximate surface area is 136 Å². The highest BCUT2D eigenvalue weighted by Gasteiger charge is 2.25. The molecule has 2 aliphatic rings. The number of amides is 2. The predicted molar refractivity (Wildman–Crippen MR) is 87.6 cm³/mol. The third-order valence-electron chi connectivity index (χ3n) is 4.29. The molecule has 0 aliphatic carbocycles. The van der Waals surface area contributed by atoms with Gasteiger partial charge in [0.05, 0.1) is 11.7 Å². The van der Waals surface area contributed by atoms with E-state index in [0.717, 1.165) is 43.7 Å². The van der Waals surface area contributed by atoms with Gasteiger partial charge in [0.25, 0.3) is 5.91 Å². The van der Waals surface area contributed by atoms with E-state index >= 15 is 0 Å². The van der Waals surface area contributed by atoms with E-state index in [0.29, 0.717) is 13.1 Å². The van der Waals surface area contributed by atoms with Crippen molar-refractivity contribution in [3.8, 4) is 5.75 Å². The van der Waals surface area contributed by atoms with E-state index in [1.54, 1.807) is 4.90 Å². The second-order valence-electron chi connectivity index (χ2n) is 5.95. The van der Waals surface area contributed by atoms with Crippen LogP contribution < -0.4 is 20.3 Å². The first-order valence-electron chi connectivity index (χ1n) is 8.29. The summed E-state index contributed by atoms with van der Waals surface area (Å²) in [7, 11) is 0. The Morgan fingerprint density at radius 2 is 2.22 bits per heavy atom. The van der Waals surface area contributed by atoms with Crippen LogP contribution >= 0.6 is 0 Å². The fourth-order valence-corrected chi connectivity index (χ4v) is 3.05. The van der Waals surface area contributed by atoms with Crippen LogP contribution in [-0.2, 0) is 9.59 Å². The summed E-state index contributed by atoms with van der Waals surface area (Å²) < 4.78 is 5.42. The summed E-state index contributed by atoms with van der Waals surface area (Å²) in [5, 5.41) is 6.20. The van der Waals surface area contributed by atoms with Crippen molar-refractivity contribution in [2.24, 2.45) is 0 Å². The third-order valence-corrected chi connectivity index (χ3v) is 4.29. The summed E-state index contributed by atoms with van der Waals surface area (Å²) in [4.78, 5) is 25.8. The molecular weight excluding hydrogens is 294 g/mol. The van der Waals surface area contributed by atoms with Gasteiger partial charge in [-0.15, -0.1) is 0 Å². The van der Waals surface area contributed by atoms with Gasteiger partial charge in [0, 0.05) is 13.1 Å². The maximum absolute atomic E-state index is 12.0. The van der Waals surface area contributed by atoms with E-state index in [4.69, 9.17) is 4.74 Å². The van der Waals surface area contributed by atoms with E-state index in [1.807, 2.05) is 24.3 Å². The smallest absolute Gasteiger partial charge is 0.265 e. The molecule has 2 aliphatic heterocycles. The van der Waals surface area contributed by atoms with Gasteiger partial charge < -0.3 is 20.3 Å². The molecular formula is C17H23N3O3. The first kappa shape index (κ1) is 15.8. The van der Waals surface area contributed by atoms with E-state index in [2.05, 4.69) is 10.6 Å². The molecule has 0 saturated carbocycles. The number of hydrogen-bond donors (Lipinski definition) is 2. The van der Waals surface area contributed by atoms with Gasteiger partial charge in [0.2, 0.25) is 5.91 Å². The lowest BCUT2D eigenvalue weighted by atomic mass is 10.0. The summed E-state index contributed by atoms with van der Waals surface area (Å²) in [6.45, 7) is 2.15. The topological polar surface area (TPSA) is 70.7 Å². The first-order valence-corrected chi connectivity index (χ1v) is 8.29. The Morgan fingerprint density at radius 1 is 1.35 bits per heavy atom. The zero-order valence-corrected chi connectivity index (χ0v) is 13.2. The summed E-state index contributed by atoms with van der Waals surface area (Å²) in [5.74, 6) is 0.768. The monoisotopic (exact) mass is 317 g/mol. The molecule has 0 spiro atoms. The van der Waals surface area contributed by atoms with E-state index < -0.39 is 0 Å². The highest BCUT2D eigenvalue weighted by molar-refractivity contribution is 5.97. The van der Waals surface area contributed by atoms with Crippen LogP contribution in [0.4, 0.5) is 5.69 Å². The van der Waals surface area contributed by atoms with Gasteiger partial charge in [-0.1, -0.05) is 18.6 Å². The van der Waals surface area contributed by atoms with E-state index in [-0.39, 0.29) is 24.5 Å². The fourth-order valence-electron chi connectivity index (χ4n) is 3.05. The number of fused-ring (bicyclic) bond motifs is 1. The van der Waals surface area contributed by atoms with Crippen molar-refractivity contribution >= 4 is 17.5 Å². The summed E-state index contributed by atoms with van der Waals surface area (Å²) in [6.07, 6.45) is 3.87. The molecule has 1 aromatic rings. The molecule has 3 rings (SSSR count). The zero-order chi connectivity index (χ0) is 16.1. The lowest BCUT2D eigenvalue weighted by molar-refractivity contribution is -0.123. The molecule has 6 nitrogen and oxygen atoms in total. The minimum Gasteiger partial charge on any atom is -0.482 e. The van der Waals surface area contributed by atoms with Crippen molar-refractivity contribution in [1.29, 1.82) is 0 Å². The molecule has 2 heterocycles. The van der Waals surface area contributed by atoms with Crippen molar-refractivity contribution in [3.05, 3.63) is 24.3 Å². The van der Waals surface area contributed by atoms with Crippen molar-refractivity contribution in [2.75, 3.05) is 31.1 Å². The fraction of sp³-hybridized carbons (Fsp3) is 0.529. The van der Waals surface area contributed by atoms with E-state index in [9.17, 15) is 9.59 Å². The molecule has 1 saturated heterocycles. The number of nitrogens with zero attached hydrogens (tertiary/aromatic N) is 1. The predicted octanol–water partition coefficient (Wildman–Crippen LogP) is 1.06. The molecule has 1 aromatic carbocycles. The highest BCUT2D eigenvalue weighted by Crippen LogP contribution is 2.31. The first-order chi connectivity index (χ1) is 11.3. The van der Waals surface area contributed by atoms with Crippen molar-refractivity contribution in [1.82, 2.24) is 10.6 Å². The standard InChI is InChI=1S/C17H23N3O3/c21-16-12-23-15-8-2-1-7-14(15)20(16)11-5-10-19-17(22)13-6-3-4-9-18-13/h1-2,7-8,13,18H,3-6,9-12H2,(H,19,22). The molecule has 6 heteroatoms. The van der Waals surface area contributed by atoms with Crippen LogP contribution in [0, 0.1) is 0 Å². The van der Waals surface area contributed by atoms with Crippen LogP contribution in [-0.4, -0.2) is 44.1 Å². The van der Waals surface area contributed by atoms with Crippen molar-refractivity contribution < 1.29 is 14.3 Å². The van der Waals surface area contributed by atoms with Gasteiger partial charge >= 0.3 is 0 Å². The number of carbonyl (C=O) groups excluding carboxylic acids is 2. The molecule has 1 fully saturated rings. The summed E-state index contributed by atoms with van der Waals surface area (Å²) in [6, 6.07) is 7.48. The number of rotatable bonds is 5. The lowest BCUT2D eigenvalue weighted by Crippen LogP contribution is -2.47. The Bertz CT molecular complexity index is 570. The van der Waals surface area contributed by atoms with Crippen LogP contribution in [0.25, 0.3) is 0 Å². The van der Waals surface area contributed by atoms with Crippen LogP contribution in [0.1, 0.15) is 25.7 Å². The highest BCUT2D eigenvalue weighted by atomic mass is 16.5. The third kappa shape index (κ3) is 3.82. The van der Waals surface area contributed by atoms with Gasteiger partial charge in [-0.2, -0.15) is 0 Å². The number of nitrogens with one attached hydrogen (secondary N) is 2. The second kappa shape index (κ2) is 7.46. The molecule has 1 unspecified atom stereocenters. The SMILES string of the molecule is O=C(NCCCN1C(=O)COc2ccccc21)C1CCCCN1. The average molecular weight is 317 g/mol. The molecule has 2 N–H and O–H groups in total. The Kier molecular flexibility index (Phi) is 5.12. The van der Waals surface area contributed by atoms with Crippen molar-refractivity contribution in [2.45, 2.75) is 31.7 Å². The molecule has 1 atom stereocenters. The minimum absolute atomic E-state index is 0.0380. The number of anilines is 1. The number of hydrogen-bond acceptors (Lipinski definition) is 4. The maximum Gasteiger partial charge on any atom is 0.265 e. The van der Waals surface area contributed by atoms with E-state index in [1.165, 1.54) is 0 Å². The number of piperidine rings is 1. The second-order valence-corrected chi connectivity index (χ2v) is 5.95. The van der Waals surface area contributed by atoms with Gasteiger partial charge in [-0.25, -0.2) is 0 Å². The van der Waals surface area contributed by atoms with Gasteiger partial charge in [-0.05, 0) is 37.9 Å². The molecule has 0 radical (unpaired) electrons. The molecule has 124 valence electrons. The number of ether oxygens (including phenoxy) is 1. The molecule has 23 heavy (non-hydrogen) atoms. The Morgan fingerprint density at radius 3 is 3.04 bits per heavy atom. The maximum atomic E-state index is 12.0. The molecule has 0 bridgehead atoms. The Hall–Kier alpha value is -2.08. The van der Waals surface area contributed by atoms with Gasteiger partial charge in [0.1, 0.15) is 5.75 Å². The van der Waals surface area contributed by atoms with Crippen LogP contribution in [0.5, 0.6) is 5.75 Å². The normalized spacial score (nSPS) is 20.6. The quantitative estimate of drug-likeness (QED) is 0.797. The molecule has 0 aromatic heterocycles. The average Bonchev–Trinajstić information content (AvgIpc) is 2.60. The lowest BCUT2D eigenvalue weighted by Gasteiger charge is -2.29. The van der Waals surface area contributed by atoms with Gasteiger partial charge in [-0.3, -0.25) is 9.59 Å². The minimum atomic E-state index is -0.0607. The summed E-state index contributed by atoms with van der Waals surface area (Å²) in [5.41, 5.74) is 0.809.